The second kappa shape index (κ2) is 3.25. The molecule has 0 spiro atoms. The maximum Gasteiger partial charge on any atom is 0.166 e. The molecule has 0 saturated carbocycles. The van der Waals surface area contributed by atoms with Crippen LogP contribution >= 0.6 is 0 Å². The molecule has 8 heavy (non-hydrogen) atoms. The lowest BCUT2D eigenvalue weighted by Gasteiger charge is -2.15. The van der Waals surface area contributed by atoms with E-state index in [4.69, 9.17) is 4.43 Å². The SMILES string of the molecule is CCO[SiH2]C(C)(C)C. The Hall–Kier alpha value is 0.177. The fourth-order valence-corrected chi connectivity index (χ4v) is 1.22. The maximum atomic E-state index is 5.34. The van der Waals surface area contributed by atoms with Crippen LogP contribution in [-0.2, 0) is 4.43 Å². The number of hydrogen-bond acceptors (Lipinski definition) is 1. The van der Waals surface area contributed by atoms with Crippen LogP contribution < -0.4 is 0 Å². The Bertz CT molecular complexity index is 56.0. The first-order valence-electron chi connectivity index (χ1n) is 3.14. The van der Waals surface area contributed by atoms with Crippen LogP contribution in [0, 0.1) is 0 Å². The van der Waals surface area contributed by atoms with E-state index in [1.54, 1.807) is 0 Å². The Morgan fingerprint density at radius 1 is 1.38 bits per heavy atom. The molecule has 0 heterocycles. The third kappa shape index (κ3) is 6.18. The molecule has 50 valence electrons. The number of rotatable bonds is 2. The molecule has 0 aromatic heterocycles. The van der Waals surface area contributed by atoms with Crippen LogP contribution in [-0.4, -0.2) is 16.4 Å². The smallest absolute Gasteiger partial charge is 0.166 e. The molecule has 0 amide bonds. The second-order valence-corrected chi connectivity index (χ2v) is 6.02. The molecule has 0 unspecified atom stereocenters. The van der Waals surface area contributed by atoms with Gasteiger partial charge >= 0.3 is 0 Å². The molecule has 0 bridgehead atoms. The number of hydrogen-bond donors (Lipinski definition) is 0. The average molecular weight is 132 g/mol. The Morgan fingerprint density at radius 2 is 1.88 bits per heavy atom. The van der Waals surface area contributed by atoms with E-state index in [0.717, 1.165) is 6.61 Å². The normalized spacial score (nSPS) is 13.5. The van der Waals surface area contributed by atoms with Crippen molar-refractivity contribution < 1.29 is 4.43 Å². The van der Waals surface area contributed by atoms with Crippen LogP contribution in [0.4, 0.5) is 0 Å². The Balaban J connectivity index is 3.11. The first kappa shape index (κ1) is 8.18. The first-order valence-corrected chi connectivity index (χ1v) is 4.42. The summed E-state index contributed by atoms with van der Waals surface area (Å²) in [5.41, 5.74) is 0. The highest BCUT2D eigenvalue weighted by Crippen LogP contribution is 2.19. The van der Waals surface area contributed by atoms with Crippen LogP contribution in [0.15, 0.2) is 0 Å². The van der Waals surface area contributed by atoms with Gasteiger partial charge in [0.25, 0.3) is 0 Å². The van der Waals surface area contributed by atoms with E-state index in [2.05, 4.69) is 27.7 Å². The van der Waals surface area contributed by atoms with E-state index in [1.807, 2.05) is 0 Å². The van der Waals surface area contributed by atoms with Gasteiger partial charge in [0.2, 0.25) is 0 Å². The van der Waals surface area contributed by atoms with Crippen molar-refractivity contribution in [3.8, 4) is 0 Å². The average Bonchev–Trinajstić information content (AvgIpc) is 1.59. The zero-order valence-electron chi connectivity index (χ0n) is 6.32. The van der Waals surface area contributed by atoms with Crippen LogP contribution in [0.5, 0.6) is 0 Å². The minimum absolute atomic E-state index is 0.250. The van der Waals surface area contributed by atoms with E-state index in [9.17, 15) is 0 Å². The predicted octanol–water partition coefficient (Wildman–Crippen LogP) is 1.33. The highest BCUT2D eigenvalue weighted by Gasteiger charge is 2.09. The highest BCUT2D eigenvalue weighted by molar-refractivity contribution is 6.31. The molecule has 0 rings (SSSR count). The lowest BCUT2D eigenvalue weighted by atomic mass is 10.3. The Kier molecular flexibility index (Phi) is 3.32. The van der Waals surface area contributed by atoms with E-state index in [-0.39, 0.29) is 9.76 Å². The van der Waals surface area contributed by atoms with Gasteiger partial charge in [-0.25, -0.2) is 0 Å². The minimum atomic E-state index is -0.250. The van der Waals surface area contributed by atoms with Crippen LogP contribution in [0.2, 0.25) is 5.04 Å². The van der Waals surface area contributed by atoms with Crippen LogP contribution in [0.25, 0.3) is 0 Å². The van der Waals surface area contributed by atoms with E-state index < -0.39 is 0 Å². The summed E-state index contributed by atoms with van der Waals surface area (Å²) in [4.78, 5) is 0. The van der Waals surface area contributed by atoms with Gasteiger partial charge < -0.3 is 4.43 Å². The monoisotopic (exact) mass is 132 g/mol. The molecule has 0 radical (unpaired) electrons. The van der Waals surface area contributed by atoms with E-state index in [1.165, 1.54) is 0 Å². The summed E-state index contributed by atoms with van der Waals surface area (Å²) in [5, 5.41) is 0.468. The predicted molar refractivity (Wildman–Crippen MR) is 39.9 cm³/mol. The molecule has 0 N–H and O–H groups in total. The third-order valence-electron chi connectivity index (χ3n) is 0.739. The summed E-state index contributed by atoms with van der Waals surface area (Å²) in [6.07, 6.45) is 0. The molecular weight excluding hydrogens is 116 g/mol. The van der Waals surface area contributed by atoms with Crippen molar-refractivity contribution in [3.63, 3.8) is 0 Å². The second-order valence-electron chi connectivity index (χ2n) is 3.20. The Morgan fingerprint density at radius 3 is 2.00 bits per heavy atom. The van der Waals surface area contributed by atoms with Crippen molar-refractivity contribution in [2.75, 3.05) is 6.61 Å². The molecule has 0 atom stereocenters. The largest absolute Gasteiger partial charge is 0.424 e. The molecule has 0 aliphatic heterocycles. The summed E-state index contributed by atoms with van der Waals surface area (Å²) < 4.78 is 5.34. The van der Waals surface area contributed by atoms with Gasteiger partial charge in [0.15, 0.2) is 9.76 Å². The van der Waals surface area contributed by atoms with Gasteiger partial charge in [-0.1, -0.05) is 20.8 Å². The van der Waals surface area contributed by atoms with Gasteiger partial charge in [0.05, 0.1) is 0 Å². The topological polar surface area (TPSA) is 9.23 Å². The van der Waals surface area contributed by atoms with Gasteiger partial charge in [-0.2, -0.15) is 0 Å². The van der Waals surface area contributed by atoms with Crippen LogP contribution in [0.3, 0.4) is 0 Å². The summed E-state index contributed by atoms with van der Waals surface area (Å²) >= 11 is 0. The van der Waals surface area contributed by atoms with Crippen molar-refractivity contribution in [3.05, 3.63) is 0 Å². The highest BCUT2D eigenvalue weighted by atomic mass is 28.2. The minimum Gasteiger partial charge on any atom is -0.424 e. The lowest BCUT2D eigenvalue weighted by molar-refractivity contribution is 0.343. The van der Waals surface area contributed by atoms with Crippen molar-refractivity contribution in [1.29, 1.82) is 0 Å². The third-order valence-corrected chi connectivity index (χ3v) is 2.22. The van der Waals surface area contributed by atoms with Crippen LogP contribution in [0.1, 0.15) is 27.7 Å². The fourth-order valence-electron chi connectivity index (χ4n) is 0.408. The maximum absolute atomic E-state index is 5.34. The fraction of sp³-hybridized carbons (Fsp3) is 1.00. The zero-order chi connectivity index (χ0) is 6.62. The molecule has 0 saturated heterocycles. The lowest BCUT2D eigenvalue weighted by Crippen LogP contribution is -2.11. The van der Waals surface area contributed by atoms with Gasteiger partial charge in [-0.15, -0.1) is 0 Å². The van der Waals surface area contributed by atoms with Crippen molar-refractivity contribution in [2.45, 2.75) is 32.7 Å². The summed E-state index contributed by atoms with van der Waals surface area (Å²) in [6.45, 7) is 9.64. The van der Waals surface area contributed by atoms with E-state index in [0.29, 0.717) is 5.04 Å². The van der Waals surface area contributed by atoms with Crippen molar-refractivity contribution in [1.82, 2.24) is 0 Å². The van der Waals surface area contributed by atoms with Gasteiger partial charge in [-0.05, 0) is 12.0 Å². The molecule has 0 aromatic carbocycles. The standard InChI is InChI=1S/C6H16OSi/c1-5-7-8-6(2,3)4/h5,8H2,1-4H3. The summed E-state index contributed by atoms with van der Waals surface area (Å²) in [7, 11) is -0.250. The molecule has 2 heteroatoms. The molecular formula is C6H16OSi. The molecule has 0 aromatic rings. The van der Waals surface area contributed by atoms with Gasteiger partial charge in [0.1, 0.15) is 0 Å². The Labute approximate surface area is 54.4 Å². The molecule has 1 nitrogen and oxygen atoms in total. The summed E-state index contributed by atoms with van der Waals surface area (Å²) in [5.74, 6) is 0. The van der Waals surface area contributed by atoms with Crippen molar-refractivity contribution in [2.24, 2.45) is 0 Å². The first-order chi connectivity index (χ1) is 3.56. The van der Waals surface area contributed by atoms with E-state index >= 15 is 0 Å². The van der Waals surface area contributed by atoms with Gasteiger partial charge in [-0.3, -0.25) is 0 Å². The van der Waals surface area contributed by atoms with Gasteiger partial charge in [0, 0.05) is 6.61 Å². The summed E-state index contributed by atoms with van der Waals surface area (Å²) in [6, 6.07) is 0. The van der Waals surface area contributed by atoms with Crippen molar-refractivity contribution >= 4 is 9.76 Å². The zero-order valence-corrected chi connectivity index (χ0v) is 7.74. The molecule has 0 fully saturated rings. The molecule has 0 aliphatic rings. The quantitative estimate of drug-likeness (QED) is 0.515. The molecule has 0 aliphatic carbocycles.